The molecular weight excluding hydrogens is 461 g/mol. The Bertz CT molecular complexity index is 1030. The number of alkyl halides is 3. The molecule has 0 radical (unpaired) electrons. The zero-order valence-corrected chi connectivity index (χ0v) is 17.5. The monoisotopic (exact) mass is 478 g/mol. The molecule has 3 rings (SSSR count). The minimum Gasteiger partial charge on any atom is -0.406 e. The summed E-state index contributed by atoms with van der Waals surface area (Å²) in [5.74, 6) is -0.771. The van der Waals surface area contributed by atoms with Gasteiger partial charge >= 0.3 is 6.36 Å². The smallest absolute Gasteiger partial charge is 0.406 e. The SMILES string of the molecule is O=C(CN1CCN(S(=O)(=O)c2cccnc2Cl)CC1)Nc1ccc(OC(F)(F)F)cc1. The molecule has 13 heteroatoms. The number of benzene rings is 1. The highest BCUT2D eigenvalue weighted by molar-refractivity contribution is 7.89. The molecule has 1 aliphatic heterocycles. The third-order valence-electron chi connectivity index (χ3n) is 4.41. The van der Waals surface area contributed by atoms with E-state index in [-0.39, 0.29) is 35.6 Å². The van der Waals surface area contributed by atoms with E-state index in [9.17, 15) is 26.4 Å². The van der Waals surface area contributed by atoms with E-state index < -0.39 is 22.1 Å². The maximum atomic E-state index is 12.7. The first kappa shape index (κ1) is 23.3. The summed E-state index contributed by atoms with van der Waals surface area (Å²) in [6.07, 6.45) is -3.39. The number of halogens is 4. The quantitative estimate of drug-likeness (QED) is 0.642. The first-order valence-corrected chi connectivity index (χ1v) is 10.8. The van der Waals surface area contributed by atoms with Gasteiger partial charge in [0.25, 0.3) is 0 Å². The summed E-state index contributed by atoms with van der Waals surface area (Å²) in [6.45, 7) is 0.989. The summed E-state index contributed by atoms with van der Waals surface area (Å²) in [6, 6.07) is 7.64. The highest BCUT2D eigenvalue weighted by atomic mass is 35.5. The van der Waals surface area contributed by atoms with Crippen LogP contribution in [0.2, 0.25) is 5.15 Å². The highest BCUT2D eigenvalue weighted by Gasteiger charge is 2.32. The average molecular weight is 479 g/mol. The molecule has 8 nitrogen and oxygen atoms in total. The first-order valence-electron chi connectivity index (χ1n) is 9.03. The zero-order chi connectivity index (χ0) is 22.6. The number of ether oxygens (including phenoxy) is 1. The summed E-state index contributed by atoms with van der Waals surface area (Å²) in [5, 5.41) is 2.48. The van der Waals surface area contributed by atoms with Crippen molar-refractivity contribution in [3.63, 3.8) is 0 Å². The average Bonchev–Trinajstić information content (AvgIpc) is 2.69. The largest absolute Gasteiger partial charge is 0.573 e. The van der Waals surface area contributed by atoms with E-state index in [1.807, 2.05) is 0 Å². The molecule has 1 amide bonds. The molecule has 0 saturated carbocycles. The van der Waals surface area contributed by atoms with Crippen LogP contribution in [0.3, 0.4) is 0 Å². The van der Waals surface area contributed by atoms with E-state index in [2.05, 4.69) is 15.0 Å². The predicted molar refractivity (Wildman–Crippen MR) is 106 cm³/mol. The maximum absolute atomic E-state index is 12.7. The van der Waals surface area contributed by atoms with Gasteiger partial charge in [-0.15, -0.1) is 13.2 Å². The van der Waals surface area contributed by atoms with Crippen molar-refractivity contribution in [3.05, 3.63) is 47.7 Å². The molecule has 1 aliphatic rings. The highest BCUT2D eigenvalue weighted by Crippen LogP contribution is 2.25. The Morgan fingerprint density at radius 2 is 1.77 bits per heavy atom. The third-order valence-corrected chi connectivity index (χ3v) is 6.76. The van der Waals surface area contributed by atoms with Crippen LogP contribution in [0.4, 0.5) is 18.9 Å². The molecule has 0 unspecified atom stereocenters. The number of amides is 1. The van der Waals surface area contributed by atoms with Crippen molar-refractivity contribution in [1.82, 2.24) is 14.2 Å². The Morgan fingerprint density at radius 3 is 2.35 bits per heavy atom. The fourth-order valence-corrected chi connectivity index (χ4v) is 4.82. The van der Waals surface area contributed by atoms with Gasteiger partial charge in [0.2, 0.25) is 15.9 Å². The standard InChI is InChI=1S/C18H18ClF3N4O4S/c19-17-15(2-1-7-23-17)31(28,29)26-10-8-25(9-11-26)12-16(27)24-13-3-5-14(6-4-13)30-18(20,21)22/h1-7H,8-12H2,(H,24,27). The molecule has 2 aromatic rings. The fourth-order valence-electron chi connectivity index (χ4n) is 2.97. The minimum absolute atomic E-state index is 0.00232. The predicted octanol–water partition coefficient (Wildman–Crippen LogP) is 2.58. The molecule has 31 heavy (non-hydrogen) atoms. The Hall–Kier alpha value is -2.41. The van der Waals surface area contributed by atoms with E-state index in [0.717, 1.165) is 12.1 Å². The van der Waals surface area contributed by atoms with Crippen molar-refractivity contribution < 1.29 is 31.1 Å². The van der Waals surface area contributed by atoms with Crippen LogP contribution >= 0.6 is 11.6 Å². The number of hydrogen-bond donors (Lipinski definition) is 1. The van der Waals surface area contributed by atoms with Crippen LogP contribution < -0.4 is 10.1 Å². The molecular formula is C18H18ClF3N4O4S. The molecule has 0 aliphatic carbocycles. The summed E-state index contributed by atoms with van der Waals surface area (Å²) in [4.78, 5) is 17.7. The van der Waals surface area contributed by atoms with Gasteiger partial charge in [0.05, 0.1) is 6.54 Å². The second kappa shape index (κ2) is 9.39. The molecule has 1 saturated heterocycles. The number of pyridine rings is 1. The van der Waals surface area contributed by atoms with Gasteiger partial charge in [-0.2, -0.15) is 4.31 Å². The van der Waals surface area contributed by atoms with Gasteiger partial charge < -0.3 is 10.1 Å². The number of anilines is 1. The van der Waals surface area contributed by atoms with Crippen LogP contribution in [0.1, 0.15) is 0 Å². The Balaban J connectivity index is 1.51. The van der Waals surface area contributed by atoms with E-state index in [1.54, 1.807) is 4.90 Å². The number of carbonyl (C=O) groups is 1. The Labute approximate surface area is 181 Å². The number of nitrogens with one attached hydrogen (secondary N) is 1. The van der Waals surface area contributed by atoms with E-state index >= 15 is 0 Å². The lowest BCUT2D eigenvalue weighted by Gasteiger charge is -2.33. The van der Waals surface area contributed by atoms with Crippen LogP contribution in [-0.4, -0.2) is 67.6 Å². The third kappa shape index (κ3) is 6.29. The van der Waals surface area contributed by atoms with Crippen LogP contribution in [-0.2, 0) is 14.8 Å². The van der Waals surface area contributed by atoms with Gasteiger partial charge in [-0.25, -0.2) is 13.4 Å². The van der Waals surface area contributed by atoms with Gasteiger partial charge in [0.1, 0.15) is 15.8 Å². The molecule has 1 fully saturated rings. The molecule has 0 spiro atoms. The normalized spacial score (nSPS) is 16.1. The van der Waals surface area contributed by atoms with E-state index in [0.29, 0.717) is 18.8 Å². The van der Waals surface area contributed by atoms with Crippen molar-refractivity contribution in [1.29, 1.82) is 0 Å². The Kier molecular flexibility index (Phi) is 7.04. The number of carbonyl (C=O) groups excluding carboxylic acids is 1. The molecule has 0 bridgehead atoms. The van der Waals surface area contributed by atoms with Crippen molar-refractivity contribution in [2.75, 3.05) is 38.0 Å². The lowest BCUT2D eigenvalue weighted by Crippen LogP contribution is -2.50. The van der Waals surface area contributed by atoms with E-state index in [1.165, 1.54) is 34.8 Å². The summed E-state index contributed by atoms with van der Waals surface area (Å²) in [5.41, 5.74) is 0.312. The minimum atomic E-state index is -4.79. The molecule has 168 valence electrons. The van der Waals surface area contributed by atoms with Crippen LogP contribution in [0.15, 0.2) is 47.5 Å². The molecule has 1 aromatic carbocycles. The molecule has 1 aromatic heterocycles. The number of hydrogen-bond acceptors (Lipinski definition) is 6. The number of rotatable bonds is 6. The van der Waals surface area contributed by atoms with Crippen molar-refractivity contribution in [2.45, 2.75) is 11.3 Å². The molecule has 0 atom stereocenters. The van der Waals surface area contributed by atoms with Gasteiger partial charge in [0, 0.05) is 38.1 Å². The first-order chi connectivity index (χ1) is 14.5. The second-order valence-corrected chi connectivity index (χ2v) is 8.86. The zero-order valence-electron chi connectivity index (χ0n) is 16.0. The summed E-state index contributed by atoms with van der Waals surface area (Å²) < 4.78 is 67.0. The van der Waals surface area contributed by atoms with E-state index in [4.69, 9.17) is 11.6 Å². The van der Waals surface area contributed by atoms with Crippen molar-refractivity contribution in [3.8, 4) is 5.75 Å². The fraction of sp³-hybridized carbons (Fsp3) is 0.333. The number of nitrogens with zero attached hydrogens (tertiary/aromatic N) is 3. The lowest BCUT2D eigenvalue weighted by molar-refractivity contribution is -0.274. The number of piperazine rings is 1. The Morgan fingerprint density at radius 1 is 1.13 bits per heavy atom. The van der Waals surface area contributed by atoms with Crippen LogP contribution in [0, 0.1) is 0 Å². The lowest BCUT2D eigenvalue weighted by atomic mass is 10.3. The van der Waals surface area contributed by atoms with Crippen LogP contribution in [0.25, 0.3) is 0 Å². The summed E-state index contributed by atoms with van der Waals surface area (Å²) in [7, 11) is -3.79. The number of sulfonamides is 1. The van der Waals surface area contributed by atoms with Gasteiger partial charge in [-0.3, -0.25) is 9.69 Å². The van der Waals surface area contributed by atoms with Crippen molar-refractivity contribution in [2.24, 2.45) is 0 Å². The molecule has 1 N–H and O–H groups in total. The number of aromatic nitrogens is 1. The topological polar surface area (TPSA) is 91.8 Å². The van der Waals surface area contributed by atoms with Gasteiger partial charge in [-0.05, 0) is 36.4 Å². The van der Waals surface area contributed by atoms with Gasteiger partial charge in [0.15, 0.2) is 0 Å². The maximum Gasteiger partial charge on any atom is 0.573 e. The summed E-state index contributed by atoms with van der Waals surface area (Å²) >= 11 is 5.90. The second-order valence-electron chi connectivity index (χ2n) is 6.59. The van der Waals surface area contributed by atoms with Crippen molar-refractivity contribution >= 4 is 33.2 Å². The molecule has 2 heterocycles. The van der Waals surface area contributed by atoms with Crippen LogP contribution in [0.5, 0.6) is 5.75 Å². The van der Waals surface area contributed by atoms with Gasteiger partial charge in [-0.1, -0.05) is 11.6 Å².